The molecule has 8 heteroatoms. The van der Waals surface area contributed by atoms with Crippen LogP contribution in [0.15, 0.2) is 34.9 Å². The van der Waals surface area contributed by atoms with Gasteiger partial charge < -0.3 is 15.0 Å². The summed E-state index contributed by atoms with van der Waals surface area (Å²) in [7, 11) is 0. The highest BCUT2D eigenvalue weighted by atomic mass is 79.9. The van der Waals surface area contributed by atoms with Gasteiger partial charge in [-0.2, -0.15) is 0 Å². The van der Waals surface area contributed by atoms with Gasteiger partial charge in [-0.1, -0.05) is 23.8 Å². The Morgan fingerprint density at radius 1 is 1.05 bits per heavy atom. The number of amides is 2. The van der Waals surface area contributed by atoms with Crippen LogP contribution < -0.4 is 5.32 Å². The molecule has 1 aliphatic carbocycles. The second-order valence-electron chi connectivity index (χ2n) is 11.0. The van der Waals surface area contributed by atoms with Gasteiger partial charge in [0.2, 0.25) is 5.91 Å². The molecule has 38 heavy (non-hydrogen) atoms. The number of hydrogen-bond acceptors (Lipinski definition) is 5. The van der Waals surface area contributed by atoms with E-state index < -0.39 is 0 Å². The molecule has 1 N–H and O–H groups in total. The molecule has 0 radical (unpaired) electrons. The van der Waals surface area contributed by atoms with Crippen molar-refractivity contribution in [2.75, 3.05) is 39.3 Å². The topological polar surface area (TPSA) is 74.8 Å². The molecule has 3 aliphatic rings. The number of ether oxygens (including phenoxy) is 1. The van der Waals surface area contributed by atoms with Crippen molar-refractivity contribution in [2.45, 2.75) is 58.4 Å². The van der Waals surface area contributed by atoms with Crippen LogP contribution in [0.1, 0.15) is 66.6 Å². The van der Waals surface area contributed by atoms with Crippen LogP contribution in [0.2, 0.25) is 0 Å². The number of nitrogens with one attached hydrogen (secondary N) is 1. The van der Waals surface area contributed by atoms with Crippen molar-refractivity contribution in [3.8, 4) is 0 Å². The molecule has 0 spiro atoms. The van der Waals surface area contributed by atoms with E-state index in [2.05, 4.69) is 57.3 Å². The summed E-state index contributed by atoms with van der Waals surface area (Å²) >= 11 is 3.62. The molecule has 2 aliphatic heterocycles. The predicted octanol–water partition coefficient (Wildman–Crippen LogP) is 5.04. The first kappa shape index (κ1) is 27.1. The average Bonchev–Trinajstić information content (AvgIpc) is 3.08. The standard InChI is InChI=1S/C30H39BrN4O3/c1-3-38-30(37)35-12-8-21(9-13-35)18-33-29(36)22-10-14-34(15-11-22)28-26-7-4-20(2)16-23(26)5-6-24-17-25(31)19-32-27(24)28/h4,7,16-17,19,21-22,28H,3,5-6,8-15,18H2,1-2H3,(H,33,36). The van der Waals surface area contributed by atoms with Gasteiger partial charge in [-0.15, -0.1) is 0 Å². The summed E-state index contributed by atoms with van der Waals surface area (Å²) in [6, 6.07) is 9.20. The number of halogens is 1. The fraction of sp³-hybridized carbons (Fsp3) is 0.567. The zero-order chi connectivity index (χ0) is 26.6. The third kappa shape index (κ3) is 6.07. The van der Waals surface area contributed by atoms with E-state index in [-0.39, 0.29) is 24.0 Å². The second-order valence-corrected chi connectivity index (χ2v) is 11.9. The Morgan fingerprint density at radius 2 is 1.79 bits per heavy atom. The van der Waals surface area contributed by atoms with Gasteiger partial charge in [0, 0.05) is 36.2 Å². The maximum Gasteiger partial charge on any atom is 0.409 e. The van der Waals surface area contributed by atoms with E-state index in [0.717, 1.165) is 61.8 Å². The zero-order valence-electron chi connectivity index (χ0n) is 22.5. The first-order valence-electron chi connectivity index (χ1n) is 14.1. The van der Waals surface area contributed by atoms with Gasteiger partial charge in [0.15, 0.2) is 0 Å². The highest BCUT2D eigenvalue weighted by Crippen LogP contribution is 2.38. The third-order valence-electron chi connectivity index (χ3n) is 8.45. The van der Waals surface area contributed by atoms with Gasteiger partial charge in [-0.25, -0.2) is 4.79 Å². The Hall–Kier alpha value is -2.45. The number of fused-ring (bicyclic) bond motifs is 2. The molecule has 2 fully saturated rings. The smallest absolute Gasteiger partial charge is 0.409 e. The number of piperidine rings is 2. The number of pyridine rings is 1. The summed E-state index contributed by atoms with van der Waals surface area (Å²) in [6.45, 7) is 8.25. The lowest BCUT2D eigenvalue weighted by Gasteiger charge is -2.38. The van der Waals surface area contributed by atoms with Crippen LogP contribution in [0.4, 0.5) is 4.79 Å². The van der Waals surface area contributed by atoms with Crippen LogP contribution in [0.25, 0.3) is 0 Å². The van der Waals surface area contributed by atoms with Gasteiger partial charge in [-0.3, -0.25) is 14.7 Å². The van der Waals surface area contributed by atoms with Crippen molar-refractivity contribution in [1.82, 2.24) is 20.1 Å². The summed E-state index contributed by atoms with van der Waals surface area (Å²) in [6.07, 6.45) is 7.23. The summed E-state index contributed by atoms with van der Waals surface area (Å²) in [5.74, 6) is 0.640. The molecule has 0 saturated carbocycles. The number of aryl methyl sites for hydroxylation is 3. The van der Waals surface area contributed by atoms with E-state index >= 15 is 0 Å². The van der Waals surface area contributed by atoms with Crippen molar-refractivity contribution >= 4 is 27.9 Å². The average molecular weight is 584 g/mol. The largest absolute Gasteiger partial charge is 0.450 e. The predicted molar refractivity (Wildman–Crippen MR) is 151 cm³/mol. The molecule has 1 atom stereocenters. The lowest BCUT2D eigenvalue weighted by Crippen LogP contribution is -2.45. The van der Waals surface area contributed by atoms with Crippen LogP contribution in [-0.4, -0.2) is 66.1 Å². The minimum absolute atomic E-state index is 0.0477. The molecule has 2 amide bonds. The molecule has 3 heterocycles. The Balaban J connectivity index is 1.19. The van der Waals surface area contributed by atoms with E-state index in [1.165, 1.54) is 22.3 Å². The number of carbonyl (C=O) groups excluding carboxylic acids is 2. The minimum Gasteiger partial charge on any atom is -0.450 e. The molecule has 2 aromatic rings. The minimum atomic E-state index is -0.223. The van der Waals surface area contributed by atoms with E-state index in [0.29, 0.717) is 32.2 Å². The fourth-order valence-corrected chi connectivity index (χ4v) is 6.66. The Morgan fingerprint density at radius 3 is 2.53 bits per heavy atom. The summed E-state index contributed by atoms with van der Waals surface area (Å²) in [5, 5.41) is 3.23. The Kier molecular flexibility index (Phi) is 8.68. The molecular weight excluding hydrogens is 544 g/mol. The first-order valence-corrected chi connectivity index (χ1v) is 14.9. The number of carbonyl (C=O) groups is 2. The molecule has 1 aromatic heterocycles. The Labute approximate surface area is 234 Å². The molecule has 0 bridgehead atoms. The van der Waals surface area contributed by atoms with Crippen molar-refractivity contribution in [3.05, 3.63) is 62.9 Å². The number of hydrogen-bond donors (Lipinski definition) is 1. The second kappa shape index (κ2) is 12.2. The number of rotatable bonds is 5. The van der Waals surface area contributed by atoms with Gasteiger partial charge in [0.05, 0.1) is 18.3 Å². The Bertz CT molecular complexity index is 1100. The molecule has 204 valence electrons. The SMILES string of the molecule is CCOC(=O)N1CCC(CNC(=O)C2CCN(C3c4ccc(C)cc4CCc4cc(Br)cnc43)CC2)CC1. The van der Waals surface area contributed by atoms with Crippen LogP contribution in [-0.2, 0) is 22.4 Å². The normalized spacial score (nSPS) is 20.8. The van der Waals surface area contributed by atoms with Gasteiger partial charge in [0.25, 0.3) is 0 Å². The highest BCUT2D eigenvalue weighted by molar-refractivity contribution is 9.10. The molecule has 2 saturated heterocycles. The summed E-state index contributed by atoms with van der Waals surface area (Å²) in [4.78, 5) is 34.2. The van der Waals surface area contributed by atoms with Crippen LogP contribution >= 0.6 is 15.9 Å². The number of aromatic nitrogens is 1. The van der Waals surface area contributed by atoms with Gasteiger partial charge in [-0.05, 0) is 110 Å². The summed E-state index contributed by atoms with van der Waals surface area (Å²) in [5.41, 5.74) is 6.55. The monoisotopic (exact) mass is 582 g/mol. The quantitative estimate of drug-likeness (QED) is 0.534. The van der Waals surface area contributed by atoms with Crippen molar-refractivity contribution in [1.29, 1.82) is 0 Å². The van der Waals surface area contributed by atoms with Crippen LogP contribution in [0.5, 0.6) is 0 Å². The fourth-order valence-electron chi connectivity index (χ4n) is 6.29. The van der Waals surface area contributed by atoms with E-state index in [4.69, 9.17) is 9.72 Å². The molecule has 7 nitrogen and oxygen atoms in total. The molecular formula is C30H39BrN4O3. The van der Waals surface area contributed by atoms with Crippen molar-refractivity contribution in [2.24, 2.45) is 11.8 Å². The van der Waals surface area contributed by atoms with Crippen LogP contribution in [0, 0.1) is 18.8 Å². The van der Waals surface area contributed by atoms with Crippen LogP contribution in [0.3, 0.4) is 0 Å². The maximum atomic E-state index is 13.1. The number of likely N-dealkylation sites (tertiary alicyclic amines) is 2. The lowest BCUT2D eigenvalue weighted by molar-refractivity contribution is -0.126. The van der Waals surface area contributed by atoms with E-state index in [1.54, 1.807) is 4.90 Å². The number of benzene rings is 1. The lowest BCUT2D eigenvalue weighted by atomic mass is 9.90. The molecule has 1 unspecified atom stereocenters. The van der Waals surface area contributed by atoms with E-state index in [1.807, 2.05) is 13.1 Å². The van der Waals surface area contributed by atoms with Gasteiger partial charge in [0.1, 0.15) is 0 Å². The number of nitrogens with zero attached hydrogens (tertiary/aromatic N) is 3. The van der Waals surface area contributed by atoms with Crippen molar-refractivity contribution in [3.63, 3.8) is 0 Å². The van der Waals surface area contributed by atoms with E-state index in [9.17, 15) is 9.59 Å². The highest BCUT2D eigenvalue weighted by Gasteiger charge is 2.34. The van der Waals surface area contributed by atoms with Gasteiger partial charge >= 0.3 is 6.09 Å². The zero-order valence-corrected chi connectivity index (χ0v) is 24.1. The maximum absolute atomic E-state index is 13.1. The summed E-state index contributed by atoms with van der Waals surface area (Å²) < 4.78 is 6.14. The molecule has 5 rings (SSSR count). The molecule has 1 aromatic carbocycles. The first-order chi connectivity index (χ1) is 18.4. The van der Waals surface area contributed by atoms with Crippen molar-refractivity contribution < 1.29 is 14.3 Å². The third-order valence-corrected chi connectivity index (χ3v) is 8.89.